The second kappa shape index (κ2) is 7.05. The maximum Gasteiger partial charge on any atom is 0.253 e. The van der Waals surface area contributed by atoms with Gasteiger partial charge in [0.25, 0.3) is 5.91 Å². The first-order valence-electron chi connectivity index (χ1n) is 7.41. The van der Waals surface area contributed by atoms with E-state index in [0.717, 1.165) is 0 Å². The smallest absolute Gasteiger partial charge is 0.253 e. The van der Waals surface area contributed by atoms with Crippen molar-refractivity contribution < 1.29 is 13.8 Å². The van der Waals surface area contributed by atoms with Crippen molar-refractivity contribution in [2.75, 3.05) is 32.4 Å². The summed E-state index contributed by atoms with van der Waals surface area (Å²) in [6.07, 6.45) is 1.61. The van der Waals surface area contributed by atoms with Gasteiger partial charge in [0.05, 0.1) is 0 Å². The summed E-state index contributed by atoms with van der Waals surface area (Å²) in [4.78, 5) is 28.7. The molecule has 1 aromatic carbocycles. The number of piperazine rings is 1. The molecule has 0 spiro atoms. The number of carbonyl (C=O) groups excluding carboxylic acids is 2. The van der Waals surface area contributed by atoms with Crippen LogP contribution in [-0.2, 0) is 15.6 Å². The first-order valence-corrected chi connectivity index (χ1v) is 8.97. The van der Waals surface area contributed by atoms with Crippen LogP contribution in [0.4, 0.5) is 0 Å². The van der Waals surface area contributed by atoms with E-state index in [9.17, 15) is 13.8 Å². The van der Waals surface area contributed by atoms with Crippen LogP contribution >= 0.6 is 0 Å². The quantitative estimate of drug-likeness (QED) is 0.844. The molecule has 0 unspecified atom stereocenters. The van der Waals surface area contributed by atoms with Gasteiger partial charge in [-0.2, -0.15) is 0 Å². The zero-order valence-corrected chi connectivity index (χ0v) is 14.1. The number of carbonyl (C=O) groups is 2. The molecule has 0 aliphatic carbocycles. The van der Waals surface area contributed by atoms with Crippen LogP contribution in [0.1, 0.15) is 24.2 Å². The van der Waals surface area contributed by atoms with Crippen molar-refractivity contribution in [3.63, 3.8) is 0 Å². The normalized spacial score (nSPS) is 16.7. The first-order chi connectivity index (χ1) is 10.4. The fourth-order valence-corrected chi connectivity index (χ4v) is 2.99. The van der Waals surface area contributed by atoms with Crippen LogP contribution in [0.5, 0.6) is 0 Å². The van der Waals surface area contributed by atoms with Gasteiger partial charge >= 0.3 is 0 Å². The van der Waals surface area contributed by atoms with E-state index < -0.39 is 10.8 Å². The van der Waals surface area contributed by atoms with E-state index in [2.05, 4.69) is 0 Å². The molecule has 1 aliphatic heterocycles. The Morgan fingerprint density at radius 3 is 1.95 bits per heavy atom. The van der Waals surface area contributed by atoms with Crippen molar-refractivity contribution in [2.45, 2.75) is 18.7 Å². The fourth-order valence-electron chi connectivity index (χ4n) is 2.47. The molecule has 0 radical (unpaired) electrons. The Kier molecular flexibility index (Phi) is 5.34. The monoisotopic (exact) mass is 322 g/mol. The van der Waals surface area contributed by atoms with E-state index in [1.807, 2.05) is 18.7 Å². The summed E-state index contributed by atoms with van der Waals surface area (Å²) in [6, 6.07) is 6.87. The number of amides is 2. The SMILES string of the molecule is CC(C)C(=O)N1CCN(C(=O)c2ccc([S@](C)=O)cc2)CC1. The van der Waals surface area contributed by atoms with Gasteiger partial charge in [-0.15, -0.1) is 0 Å². The van der Waals surface area contributed by atoms with Gasteiger partial charge in [-0.25, -0.2) is 0 Å². The molecule has 0 aromatic heterocycles. The first kappa shape index (κ1) is 16.7. The van der Waals surface area contributed by atoms with Gasteiger partial charge < -0.3 is 9.80 Å². The molecule has 1 saturated heterocycles. The lowest BCUT2D eigenvalue weighted by molar-refractivity contribution is -0.135. The maximum atomic E-state index is 12.4. The third-order valence-corrected chi connectivity index (χ3v) is 4.74. The highest BCUT2D eigenvalue weighted by atomic mass is 32.2. The van der Waals surface area contributed by atoms with Gasteiger partial charge in [0.15, 0.2) is 0 Å². The summed E-state index contributed by atoms with van der Waals surface area (Å²) in [5, 5.41) is 0. The van der Waals surface area contributed by atoms with Crippen molar-refractivity contribution in [3.05, 3.63) is 29.8 Å². The Morgan fingerprint density at radius 1 is 1.00 bits per heavy atom. The molecule has 120 valence electrons. The third kappa shape index (κ3) is 3.74. The summed E-state index contributed by atoms with van der Waals surface area (Å²) >= 11 is 0. The van der Waals surface area contributed by atoms with E-state index in [4.69, 9.17) is 0 Å². The summed E-state index contributed by atoms with van der Waals surface area (Å²) in [7, 11) is -1.04. The van der Waals surface area contributed by atoms with Gasteiger partial charge in [0, 0.05) is 59.6 Å². The standard InChI is InChI=1S/C16H22N2O3S/c1-12(2)15(19)17-8-10-18(11-9-17)16(20)13-4-6-14(7-5-13)22(3)21/h4-7,12H,8-11H2,1-3H3/t22-/m0/s1. The molecule has 0 saturated carbocycles. The molecular weight excluding hydrogens is 300 g/mol. The molecule has 5 nitrogen and oxygen atoms in total. The summed E-state index contributed by atoms with van der Waals surface area (Å²) in [6.45, 7) is 6.05. The van der Waals surface area contributed by atoms with Crippen LogP contribution in [0, 0.1) is 5.92 Å². The summed E-state index contributed by atoms with van der Waals surface area (Å²) in [5.41, 5.74) is 0.595. The van der Waals surface area contributed by atoms with Crippen LogP contribution < -0.4 is 0 Å². The number of rotatable bonds is 3. The Balaban J connectivity index is 1.97. The maximum absolute atomic E-state index is 12.4. The average molecular weight is 322 g/mol. The molecule has 0 bridgehead atoms. The zero-order chi connectivity index (χ0) is 16.3. The minimum Gasteiger partial charge on any atom is -0.339 e. The molecule has 6 heteroatoms. The molecule has 1 atom stereocenters. The van der Waals surface area contributed by atoms with Gasteiger partial charge in [0.1, 0.15) is 0 Å². The van der Waals surface area contributed by atoms with Crippen molar-refractivity contribution in [3.8, 4) is 0 Å². The lowest BCUT2D eigenvalue weighted by Gasteiger charge is -2.35. The van der Waals surface area contributed by atoms with E-state index in [-0.39, 0.29) is 17.7 Å². The number of hydrogen-bond acceptors (Lipinski definition) is 3. The molecular formula is C16H22N2O3S. The minimum atomic E-state index is -1.04. The lowest BCUT2D eigenvalue weighted by Crippen LogP contribution is -2.51. The Hall–Kier alpha value is -1.69. The van der Waals surface area contributed by atoms with Crippen LogP contribution in [0.2, 0.25) is 0 Å². The predicted octanol–water partition coefficient (Wildman–Crippen LogP) is 1.36. The van der Waals surface area contributed by atoms with E-state index in [1.165, 1.54) is 0 Å². The van der Waals surface area contributed by atoms with Gasteiger partial charge in [0.2, 0.25) is 5.91 Å². The highest BCUT2D eigenvalue weighted by molar-refractivity contribution is 7.84. The highest BCUT2D eigenvalue weighted by Gasteiger charge is 2.25. The Bertz CT molecular complexity index is 576. The van der Waals surface area contributed by atoms with Crippen LogP contribution in [0.15, 0.2) is 29.2 Å². The highest BCUT2D eigenvalue weighted by Crippen LogP contribution is 2.13. The number of nitrogens with zero attached hydrogens (tertiary/aromatic N) is 2. The molecule has 2 rings (SSSR count). The molecule has 1 aliphatic rings. The van der Waals surface area contributed by atoms with E-state index in [1.54, 1.807) is 35.4 Å². The fraction of sp³-hybridized carbons (Fsp3) is 0.500. The average Bonchev–Trinajstić information content (AvgIpc) is 2.53. The van der Waals surface area contributed by atoms with Crippen molar-refractivity contribution >= 4 is 22.6 Å². The Morgan fingerprint density at radius 2 is 1.50 bits per heavy atom. The molecule has 1 aromatic rings. The zero-order valence-electron chi connectivity index (χ0n) is 13.2. The molecule has 1 heterocycles. The predicted molar refractivity (Wildman–Crippen MR) is 86.1 cm³/mol. The van der Waals surface area contributed by atoms with Gasteiger partial charge in [-0.3, -0.25) is 13.8 Å². The van der Waals surface area contributed by atoms with E-state index in [0.29, 0.717) is 36.6 Å². The van der Waals surface area contributed by atoms with Crippen LogP contribution in [-0.4, -0.2) is 58.3 Å². The number of benzene rings is 1. The molecule has 22 heavy (non-hydrogen) atoms. The second-order valence-corrected chi connectivity index (χ2v) is 7.13. The summed E-state index contributed by atoms with van der Waals surface area (Å²) < 4.78 is 11.4. The van der Waals surface area contributed by atoms with Crippen LogP contribution in [0.3, 0.4) is 0 Å². The van der Waals surface area contributed by atoms with E-state index >= 15 is 0 Å². The summed E-state index contributed by atoms with van der Waals surface area (Å²) in [5.74, 6) is 0.0941. The molecule has 1 fully saturated rings. The van der Waals surface area contributed by atoms with Gasteiger partial charge in [-0.1, -0.05) is 13.8 Å². The molecule has 2 amide bonds. The lowest BCUT2D eigenvalue weighted by atomic mass is 10.1. The number of hydrogen-bond donors (Lipinski definition) is 0. The van der Waals surface area contributed by atoms with Crippen LogP contribution in [0.25, 0.3) is 0 Å². The largest absolute Gasteiger partial charge is 0.339 e. The minimum absolute atomic E-state index is 0.00953. The molecule has 0 N–H and O–H groups in total. The van der Waals surface area contributed by atoms with Crippen molar-refractivity contribution in [1.82, 2.24) is 9.80 Å². The Labute approximate surface area is 133 Å². The van der Waals surface area contributed by atoms with Crippen molar-refractivity contribution in [1.29, 1.82) is 0 Å². The topological polar surface area (TPSA) is 57.7 Å². The third-order valence-electron chi connectivity index (χ3n) is 3.81. The van der Waals surface area contributed by atoms with Crippen molar-refractivity contribution in [2.24, 2.45) is 5.92 Å². The second-order valence-electron chi connectivity index (χ2n) is 5.75. The van der Waals surface area contributed by atoms with Gasteiger partial charge in [-0.05, 0) is 24.3 Å².